The zero-order valence-electron chi connectivity index (χ0n) is 29.2. The van der Waals surface area contributed by atoms with Crippen molar-refractivity contribution in [2.75, 3.05) is 4.90 Å². The van der Waals surface area contributed by atoms with Gasteiger partial charge in [0.2, 0.25) is 0 Å². The average molecular weight is 742 g/mol. The second-order valence-corrected chi connectivity index (χ2v) is 17.6. The molecule has 0 fully saturated rings. The molecule has 11 aromatic rings. The molecule has 3 aromatic heterocycles. The van der Waals surface area contributed by atoms with E-state index in [4.69, 9.17) is 0 Å². The fourth-order valence-corrected chi connectivity index (χ4v) is 12.3. The van der Waals surface area contributed by atoms with Crippen molar-refractivity contribution in [3.63, 3.8) is 0 Å². The molecule has 0 unspecified atom stereocenters. The Balaban J connectivity index is 1.02. The lowest BCUT2D eigenvalue weighted by Crippen LogP contribution is -2.18. The Morgan fingerprint density at radius 1 is 0.407 bits per heavy atom. The van der Waals surface area contributed by atoms with Crippen LogP contribution in [0.5, 0.6) is 0 Å². The lowest BCUT2D eigenvalue weighted by Gasteiger charge is -2.30. The van der Waals surface area contributed by atoms with Crippen LogP contribution in [0.4, 0.5) is 11.4 Å². The van der Waals surface area contributed by atoms with E-state index in [-0.39, 0.29) is 0 Å². The minimum atomic E-state index is 0.967. The highest BCUT2D eigenvalue weighted by Crippen LogP contribution is 2.49. The molecule has 0 saturated heterocycles. The van der Waals surface area contributed by atoms with E-state index in [1.54, 1.807) is 0 Å². The maximum Gasteiger partial charge on any atom is 0.0465 e. The van der Waals surface area contributed by atoms with Crippen LogP contribution in [0.1, 0.15) is 16.9 Å². The van der Waals surface area contributed by atoms with E-state index in [9.17, 15) is 0 Å². The van der Waals surface area contributed by atoms with Gasteiger partial charge in [0.25, 0.3) is 0 Å². The van der Waals surface area contributed by atoms with Gasteiger partial charge in [-0.2, -0.15) is 0 Å². The third-order valence-corrected chi connectivity index (χ3v) is 14.9. The third-order valence-electron chi connectivity index (χ3n) is 11.4. The van der Waals surface area contributed by atoms with Crippen LogP contribution in [0.25, 0.3) is 89.2 Å². The van der Waals surface area contributed by atoms with Crippen molar-refractivity contribution >= 4 is 123 Å². The monoisotopic (exact) mass is 741 g/mol. The first kappa shape index (κ1) is 30.7. The van der Waals surface area contributed by atoms with Crippen molar-refractivity contribution in [1.82, 2.24) is 0 Å². The van der Waals surface area contributed by atoms with E-state index >= 15 is 0 Å². The molecule has 0 spiro atoms. The smallest absolute Gasteiger partial charge is 0.0465 e. The summed E-state index contributed by atoms with van der Waals surface area (Å²) in [4.78, 5) is 3.91. The molecule has 54 heavy (non-hydrogen) atoms. The number of thiophene rings is 3. The topological polar surface area (TPSA) is 3.24 Å². The van der Waals surface area contributed by atoms with Crippen molar-refractivity contribution in [2.24, 2.45) is 0 Å². The molecule has 1 aliphatic carbocycles. The van der Waals surface area contributed by atoms with Gasteiger partial charge in [-0.15, -0.1) is 34.0 Å². The van der Waals surface area contributed by atoms with Gasteiger partial charge in [-0.25, -0.2) is 0 Å². The first-order chi connectivity index (χ1) is 26.7. The van der Waals surface area contributed by atoms with Crippen LogP contribution in [0.15, 0.2) is 163 Å². The number of fused-ring (bicyclic) bond motifs is 13. The third kappa shape index (κ3) is 4.67. The normalized spacial score (nSPS) is 13.1. The Morgan fingerprint density at radius 3 is 1.98 bits per heavy atom. The quantitative estimate of drug-likeness (QED) is 0.174. The summed E-state index contributed by atoms with van der Waals surface area (Å²) in [6, 6.07) is 58.7. The highest BCUT2D eigenvalue weighted by molar-refractivity contribution is 7.27. The second kappa shape index (κ2) is 11.9. The molecule has 0 N–H and O–H groups in total. The summed E-state index contributed by atoms with van der Waals surface area (Å²) < 4.78 is 6.83. The molecule has 1 aliphatic rings. The Kier molecular flexibility index (Phi) is 6.73. The summed E-state index contributed by atoms with van der Waals surface area (Å²) in [6.45, 7) is 0. The van der Waals surface area contributed by atoms with E-state index in [0.29, 0.717) is 0 Å². The SMILES string of the molecule is C1=C(N(c2ccc(-c3ccc4ccccc4c3)cc2)c2ccc3sc4ccccc4c3c2)CCc2c1sc1ccc3sc4c5ccccc5ccc4c3c21. The lowest BCUT2D eigenvalue weighted by molar-refractivity contribution is 0.907. The number of anilines is 2. The van der Waals surface area contributed by atoms with Gasteiger partial charge in [0, 0.05) is 72.4 Å². The van der Waals surface area contributed by atoms with Crippen molar-refractivity contribution < 1.29 is 0 Å². The summed E-state index contributed by atoms with van der Waals surface area (Å²) >= 11 is 5.77. The predicted molar refractivity (Wildman–Crippen MR) is 239 cm³/mol. The molecule has 0 amide bonds. The summed E-state index contributed by atoms with van der Waals surface area (Å²) in [5.74, 6) is 0. The molecule has 0 bridgehead atoms. The van der Waals surface area contributed by atoms with Gasteiger partial charge >= 0.3 is 0 Å². The van der Waals surface area contributed by atoms with Gasteiger partial charge in [0.05, 0.1) is 0 Å². The zero-order valence-corrected chi connectivity index (χ0v) is 31.6. The highest BCUT2D eigenvalue weighted by atomic mass is 32.1. The second-order valence-electron chi connectivity index (χ2n) is 14.4. The van der Waals surface area contributed by atoms with Crippen molar-refractivity contribution in [2.45, 2.75) is 12.8 Å². The van der Waals surface area contributed by atoms with Crippen LogP contribution in [-0.2, 0) is 6.42 Å². The average Bonchev–Trinajstić information content (AvgIpc) is 3.92. The van der Waals surface area contributed by atoms with Crippen LogP contribution < -0.4 is 4.90 Å². The minimum Gasteiger partial charge on any atom is -0.314 e. The molecular formula is C50H31NS3. The molecule has 4 heteroatoms. The summed E-state index contributed by atoms with van der Waals surface area (Å²) in [7, 11) is 0. The Morgan fingerprint density at radius 2 is 1.09 bits per heavy atom. The fourth-order valence-electron chi connectivity index (χ4n) is 8.79. The molecule has 1 nitrogen and oxygen atoms in total. The summed E-state index contributed by atoms with van der Waals surface area (Å²) in [5, 5.41) is 12.1. The van der Waals surface area contributed by atoms with Crippen molar-refractivity contribution in [1.29, 1.82) is 0 Å². The lowest BCUT2D eigenvalue weighted by atomic mass is 9.94. The maximum atomic E-state index is 2.52. The van der Waals surface area contributed by atoms with Gasteiger partial charge in [-0.3, -0.25) is 0 Å². The van der Waals surface area contributed by atoms with Crippen molar-refractivity contribution in [3.05, 3.63) is 174 Å². The van der Waals surface area contributed by atoms with Crippen LogP contribution >= 0.6 is 34.0 Å². The first-order valence-corrected chi connectivity index (χ1v) is 21.0. The molecule has 3 heterocycles. The van der Waals surface area contributed by atoms with E-state index < -0.39 is 0 Å². The molecule has 0 radical (unpaired) electrons. The molecule has 0 aliphatic heterocycles. The number of hydrogen-bond acceptors (Lipinski definition) is 4. The highest BCUT2D eigenvalue weighted by Gasteiger charge is 2.25. The molecule has 254 valence electrons. The van der Waals surface area contributed by atoms with Crippen LogP contribution in [0.2, 0.25) is 0 Å². The van der Waals surface area contributed by atoms with Gasteiger partial charge in [-0.05, 0) is 112 Å². The molecule has 0 saturated carbocycles. The van der Waals surface area contributed by atoms with Crippen LogP contribution in [0, 0.1) is 0 Å². The van der Waals surface area contributed by atoms with Crippen molar-refractivity contribution in [3.8, 4) is 11.1 Å². The van der Waals surface area contributed by atoms with Gasteiger partial charge in [0.15, 0.2) is 0 Å². The number of rotatable bonds is 4. The standard InChI is InChI=1S/C50H31NS3/c1-2-9-33-27-34(14-13-30(33)7-1)31-15-18-35(19-16-31)51(36-21-24-44-42(28-36)39-11-5-6-12-43(39)52-44)37-20-23-40-47(29-37)53-45-25-26-46-49(48(40)45)41-22-17-32-8-3-4-10-38(32)50(41)54-46/h1-19,21-22,24-29H,20,23H2. The number of allylic oxidation sites excluding steroid dienone is 1. The molecule has 12 rings (SSSR count). The van der Waals surface area contributed by atoms with Gasteiger partial charge in [-0.1, -0.05) is 103 Å². The minimum absolute atomic E-state index is 0.967. The number of hydrogen-bond donors (Lipinski definition) is 0. The largest absolute Gasteiger partial charge is 0.314 e. The number of benzene rings is 8. The van der Waals surface area contributed by atoms with Crippen LogP contribution in [-0.4, -0.2) is 0 Å². The maximum absolute atomic E-state index is 2.52. The predicted octanol–water partition coefficient (Wildman–Crippen LogP) is 15.7. The van der Waals surface area contributed by atoms with E-state index in [2.05, 4.69) is 169 Å². The van der Waals surface area contributed by atoms with Gasteiger partial charge < -0.3 is 4.90 Å². The Labute approximate surface area is 324 Å². The number of aryl methyl sites for hydroxylation is 1. The van der Waals surface area contributed by atoms with Gasteiger partial charge in [0.1, 0.15) is 0 Å². The van der Waals surface area contributed by atoms with Crippen LogP contribution in [0.3, 0.4) is 0 Å². The Bertz CT molecular complexity index is 3340. The zero-order chi connectivity index (χ0) is 35.3. The summed E-state index contributed by atoms with van der Waals surface area (Å²) in [6.07, 6.45) is 4.47. The van der Waals surface area contributed by atoms with E-state index in [0.717, 1.165) is 12.8 Å². The fraction of sp³-hybridized carbons (Fsp3) is 0.0400. The van der Waals surface area contributed by atoms with E-state index in [1.807, 2.05) is 34.0 Å². The molecule has 0 atom stereocenters. The number of nitrogens with zero attached hydrogens (tertiary/aromatic N) is 1. The summed E-state index contributed by atoms with van der Waals surface area (Å²) in [5.41, 5.74) is 7.70. The molecule has 8 aromatic carbocycles. The Hall–Kier alpha value is -5.78. The first-order valence-electron chi connectivity index (χ1n) is 18.5. The van der Waals surface area contributed by atoms with E-state index in [1.165, 1.54) is 111 Å². The molecular weight excluding hydrogens is 711 g/mol.